The fourth-order valence-electron chi connectivity index (χ4n) is 3.46. The van der Waals surface area contributed by atoms with Crippen LogP contribution in [0.3, 0.4) is 0 Å². The molecule has 4 heteroatoms. The van der Waals surface area contributed by atoms with Gasteiger partial charge in [0.25, 0.3) is 0 Å². The number of hydrogen-bond donors (Lipinski definition) is 0. The Balaban J connectivity index is 1.97. The molecule has 2 atom stereocenters. The van der Waals surface area contributed by atoms with Crippen LogP contribution in [0.25, 0.3) is 0 Å². The molecule has 0 unspecified atom stereocenters. The van der Waals surface area contributed by atoms with Gasteiger partial charge in [0.1, 0.15) is 5.16 Å². The molecule has 0 aromatic heterocycles. The summed E-state index contributed by atoms with van der Waals surface area (Å²) in [6.07, 6.45) is 0.674. The minimum Gasteiger partial charge on any atom is -0.465 e. The standard InChI is InChI=1S/C17H15O3P/c18-16-17(11-13(17)12-20-16)21(19,14-7-3-1-4-8-14)15-9-5-2-6-10-15/h1-10,13H,11-12H2/t13-,17+/m1/s1. The van der Waals surface area contributed by atoms with Crippen molar-refractivity contribution in [2.75, 3.05) is 6.61 Å². The molecular weight excluding hydrogens is 283 g/mol. The van der Waals surface area contributed by atoms with Gasteiger partial charge in [-0.25, -0.2) is 0 Å². The average molecular weight is 298 g/mol. The molecule has 3 nitrogen and oxygen atoms in total. The largest absolute Gasteiger partial charge is 0.465 e. The maximum atomic E-state index is 14.1. The molecule has 0 radical (unpaired) electrons. The van der Waals surface area contributed by atoms with Crippen LogP contribution >= 0.6 is 7.14 Å². The van der Waals surface area contributed by atoms with Gasteiger partial charge in [-0.05, 0) is 6.42 Å². The summed E-state index contributed by atoms with van der Waals surface area (Å²) in [6.45, 7) is 0.405. The molecule has 0 spiro atoms. The van der Waals surface area contributed by atoms with E-state index in [2.05, 4.69) is 0 Å². The van der Waals surface area contributed by atoms with Crippen LogP contribution in [0.2, 0.25) is 0 Å². The summed E-state index contributed by atoms with van der Waals surface area (Å²) < 4.78 is 19.3. The van der Waals surface area contributed by atoms with Crippen molar-refractivity contribution < 1.29 is 14.1 Å². The summed E-state index contributed by atoms with van der Waals surface area (Å²) in [4.78, 5) is 12.3. The lowest BCUT2D eigenvalue weighted by Crippen LogP contribution is -2.33. The van der Waals surface area contributed by atoms with E-state index in [1.807, 2.05) is 60.7 Å². The molecular formula is C17H15O3P. The molecule has 1 saturated carbocycles. The normalized spacial score (nSPS) is 27.0. The van der Waals surface area contributed by atoms with Crippen LogP contribution in [-0.2, 0) is 14.1 Å². The minimum atomic E-state index is -3.04. The number of esters is 1. The SMILES string of the molecule is O=C1OC[C@H]2C[C@@]12P(=O)(c1ccccc1)c1ccccc1. The van der Waals surface area contributed by atoms with Gasteiger partial charge in [0.15, 0.2) is 7.14 Å². The predicted molar refractivity (Wildman–Crippen MR) is 81.6 cm³/mol. The summed E-state index contributed by atoms with van der Waals surface area (Å²) in [6, 6.07) is 18.7. The number of carbonyl (C=O) groups is 1. The lowest BCUT2D eigenvalue weighted by Gasteiger charge is -2.25. The zero-order valence-electron chi connectivity index (χ0n) is 11.4. The van der Waals surface area contributed by atoms with Gasteiger partial charge in [-0.15, -0.1) is 0 Å². The van der Waals surface area contributed by atoms with Crippen LogP contribution in [0.1, 0.15) is 6.42 Å². The van der Waals surface area contributed by atoms with Gasteiger partial charge in [0.2, 0.25) is 0 Å². The highest BCUT2D eigenvalue weighted by molar-refractivity contribution is 7.81. The fraction of sp³-hybridized carbons (Fsp3) is 0.235. The monoisotopic (exact) mass is 298 g/mol. The Kier molecular flexibility index (Phi) is 2.64. The third-order valence-corrected chi connectivity index (χ3v) is 8.55. The van der Waals surface area contributed by atoms with Gasteiger partial charge in [0, 0.05) is 16.5 Å². The van der Waals surface area contributed by atoms with E-state index < -0.39 is 12.3 Å². The number of rotatable bonds is 3. The van der Waals surface area contributed by atoms with Crippen LogP contribution in [-0.4, -0.2) is 17.7 Å². The molecule has 0 amide bonds. The van der Waals surface area contributed by atoms with Crippen LogP contribution in [0, 0.1) is 5.92 Å². The second-order valence-electron chi connectivity index (χ2n) is 5.70. The van der Waals surface area contributed by atoms with Crippen LogP contribution in [0.5, 0.6) is 0 Å². The number of ether oxygens (including phenoxy) is 1. The number of benzene rings is 2. The number of hydrogen-bond acceptors (Lipinski definition) is 3. The molecule has 21 heavy (non-hydrogen) atoms. The predicted octanol–water partition coefficient (Wildman–Crippen LogP) is 2.32. The molecule has 0 bridgehead atoms. The van der Waals surface area contributed by atoms with Crippen LogP contribution < -0.4 is 10.6 Å². The van der Waals surface area contributed by atoms with E-state index in [0.29, 0.717) is 13.0 Å². The topological polar surface area (TPSA) is 43.4 Å². The quantitative estimate of drug-likeness (QED) is 0.645. The molecule has 2 aromatic carbocycles. The van der Waals surface area contributed by atoms with Gasteiger partial charge in [-0.2, -0.15) is 0 Å². The Bertz CT molecular complexity index is 698. The first-order valence-corrected chi connectivity index (χ1v) is 8.79. The molecule has 0 N–H and O–H groups in total. The Morgan fingerprint density at radius 1 is 0.952 bits per heavy atom. The molecule has 2 fully saturated rings. The van der Waals surface area contributed by atoms with Crippen molar-refractivity contribution in [3.05, 3.63) is 60.7 Å². The number of cyclic esters (lactones) is 1. The van der Waals surface area contributed by atoms with E-state index in [1.54, 1.807) is 0 Å². The zero-order chi connectivity index (χ0) is 14.5. The van der Waals surface area contributed by atoms with E-state index in [0.717, 1.165) is 10.6 Å². The summed E-state index contributed by atoms with van der Waals surface area (Å²) in [7, 11) is -3.04. The summed E-state index contributed by atoms with van der Waals surface area (Å²) in [5.41, 5.74) is 0. The van der Waals surface area contributed by atoms with E-state index in [4.69, 9.17) is 4.74 Å². The molecule has 1 aliphatic carbocycles. The second-order valence-corrected chi connectivity index (χ2v) is 8.75. The zero-order valence-corrected chi connectivity index (χ0v) is 12.3. The third kappa shape index (κ3) is 1.55. The van der Waals surface area contributed by atoms with Crippen molar-refractivity contribution >= 4 is 23.7 Å². The van der Waals surface area contributed by atoms with Crippen molar-refractivity contribution in [1.82, 2.24) is 0 Å². The minimum absolute atomic E-state index is 0.0937. The first-order chi connectivity index (χ1) is 10.2. The fourth-order valence-corrected chi connectivity index (χ4v) is 7.26. The van der Waals surface area contributed by atoms with Gasteiger partial charge >= 0.3 is 5.97 Å². The Hall–Kier alpha value is -1.86. The summed E-state index contributed by atoms with van der Waals surface area (Å²) in [5, 5.41) is 0.672. The molecule has 1 aliphatic heterocycles. The highest BCUT2D eigenvalue weighted by Crippen LogP contribution is 2.73. The van der Waals surface area contributed by atoms with Gasteiger partial charge in [-0.3, -0.25) is 4.79 Å². The Labute approximate surface area is 123 Å². The Morgan fingerprint density at radius 2 is 1.48 bits per heavy atom. The molecule has 4 rings (SSSR count). The Morgan fingerprint density at radius 3 is 1.86 bits per heavy atom. The lowest BCUT2D eigenvalue weighted by molar-refractivity contribution is -0.140. The third-order valence-electron chi connectivity index (χ3n) is 4.64. The van der Waals surface area contributed by atoms with Crippen molar-refractivity contribution in [2.24, 2.45) is 5.92 Å². The maximum Gasteiger partial charge on any atom is 0.320 e. The first kappa shape index (κ1) is 12.8. The van der Waals surface area contributed by atoms with Gasteiger partial charge in [-0.1, -0.05) is 60.7 Å². The lowest BCUT2D eigenvalue weighted by atomic mass is 10.3. The molecule has 2 aromatic rings. The van der Waals surface area contributed by atoms with E-state index in [1.165, 1.54) is 0 Å². The van der Waals surface area contributed by atoms with E-state index in [9.17, 15) is 9.36 Å². The van der Waals surface area contributed by atoms with E-state index >= 15 is 0 Å². The highest BCUT2D eigenvalue weighted by atomic mass is 31.2. The smallest absolute Gasteiger partial charge is 0.320 e. The molecule has 1 saturated heterocycles. The van der Waals surface area contributed by atoms with Crippen LogP contribution in [0.4, 0.5) is 0 Å². The van der Waals surface area contributed by atoms with Crippen molar-refractivity contribution in [2.45, 2.75) is 11.6 Å². The van der Waals surface area contributed by atoms with Crippen molar-refractivity contribution in [3.63, 3.8) is 0 Å². The van der Waals surface area contributed by atoms with Gasteiger partial charge < -0.3 is 9.30 Å². The second kappa shape index (κ2) is 4.32. The highest BCUT2D eigenvalue weighted by Gasteiger charge is 2.75. The summed E-state index contributed by atoms with van der Waals surface area (Å²) in [5.74, 6) is -0.195. The molecule has 106 valence electrons. The maximum absolute atomic E-state index is 14.1. The first-order valence-electron chi connectivity index (χ1n) is 7.08. The molecule has 1 heterocycles. The average Bonchev–Trinajstić information content (AvgIpc) is 3.22. The van der Waals surface area contributed by atoms with Crippen molar-refractivity contribution in [1.29, 1.82) is 0 Å². The number of fused-ring (bicyclic) bond motifs is 1. The van der Waals surface area contributed by atoms with Crippen molar-refractivity contribution in [3.8, 4) is 0 Å². The molecule has 2 aliphatic rings. The van der Waals surface area contributed by atoms with Gasteiger partial charge in [0.05, 0.1) is 6.61 Å². The van der Waals surface area contributed by atoms with Crippen LogP contribution in [0.15, 0.2) is 60.7 Å². The number of carbonyl (C=O) groups excluding carboxylic acids is 1. The summed E-state index contributed by atoms with van der Waals surface area (Å²) >= 11 is 0. The van der Waals surface area contributed by atoms with E-state index in [-0.39, 0.29) is 11.9 Å².